The van der Waals surface area contributed by atoms with Crippen LogP contribution in [0, 0.1) is 11.7 Å². The van der Waals surface area contributed by atoms with Gasteiger partial charge in [-0.2, -0.15) is 0 Å². The number of alkyl halides is 2. The molecule has 2 atom stereocenters. The number of fused-ring (bicyclic) bond motifs is 1. The van der Waals surface area contributed by atoms with Crippen LogP contribution in [-0.4, -0.2) is 40.0 Å². The standard InChI is InChI=1S/C18H16F3N5O2S/c19-12-2-1-10(25-16(27)14-5-23-13(4-24-14)15(20)21)3-11(12)18-8-28-6-9(18)7-29-17(22)26-18/h1-5,9,15H,6-8H2,(H2,22,26)(H,25,27)/t9-,18-/m0/s1. The molecule has 7 nitrogen and oxygen atoms in total. The van der Waals surface area contributed by atoms with Crippen LogP contribution >= 0.6 is 11.8 Å². The molecule has 1 aromatic heterocycles. The van der Waals surface area contributed by atoms with Crippen molar-refractivity contribution in [3.63, 3.8) is 0 Å². The van der Waals surface area contributed by atoms with Crippen LogP contribution in [0.15, 0.2) is 35.6 Å². The van der Waals surface area contributed by atoms with Crippen LogP contribution in [-0.2, 0) is 10.3 Å². The summed E-state index contributed by atoms with van der Waals surface area (Å²) in [6.45, 7) is 0.625. The maximum Gasteiger partial charge on any atom is 0.281 e. The maximum atomic E-state index is 14.7. The first-order chi connectivity index (χ1) is 13.9. The molecule has 2 aliphatic rings. The fraction of sp³-hybridized carbons (Fsp3) is 0.333. The molecule has 0 aliphatic carbocycles. The molecule has 152 valence electrons. The average Bonchev–Trinajstić information content (AvgIpc) is 3.13. The van der Waals surface area contributed by atoms with Crippen molar-refractivity contribution in [1.29, 1.82) is 0 Å². The number of anilines is 1. The summed E-state index contributed by atoms with van der Waals surface area (Å²) in [5.74, 6) is -0.539. The smallest absolute Gasteiger partial charge is 0.281 e. The van der Waals surface area contributed by atoms with Crippen molar-refractivity contribution in [3.8, 4) is 0 Å². The minimum Gasteiger partial charge on any atom is -0.379 e. The first kappa shape index (κ1) is 19.6. The van der Waals surface area contributed by atoms with E-state index in [1.165, 1.54) is 30.0 Å². The van der Waals surface area contributed by atoms with Crippen molar-refractivity contribution < 1.29 is 22.7 Å². The van der Waals surface area contributed by atoms with E-state index in [-0.39, 0.29) is 23.8 Å². The summed E-state index contributed by atoms with van der Waals surface area (Å²) in [6, 6.07) is 4.11. The maximum absolute atomic E-state index is 14.7. The molecule has 3 N–H and O–H groups in total. The van der Waals surface area contributed by atoms with Crippen LogP contribution in [0.3, 0.4) is 0 Å². The van der Waals surface area contributed by atoms with Crippen molar-refractivity contribution in [2.45, 2.75) is 12.0 Å². The third-order valence-corrected chi connectivity index (χ3v) is 5.83. The van der Waals surface area contributed by atoms with Gasteiger partial charge in [0.25, 0.3) is 12.3 Å². The zero-order chi connectivity index (χ0) is 20.6. The second kappa shape index (κ2) is 7.64. The number of nitrogens with one attached hydrogen (secondary N) is 1. The summed E-state index contributed by atoms with van der Waals surface area (Å²) in [4.78, 5) is 24.1. The number of benzene rings is 1. The van der Waals surface area contributed by atoms with Crippen molar-refractivity contribution >= 4 is 28.5 Å². The second-order valence-corrected chi connectivity index (χ2v) is 7.71. The highest BCUT2D eigenvalue weighted by Crippen LogP contribution is 2.45. The number of thioether (sulfide) groups is 1. The first-order valence-electron chi connectivity index (χ1n) is 8.66. The van der Waals surface area contributed by atoms with E-state index in [0.29, 0.717) is 23.2 Å². The Morgan fingerprint density at radius 2 is 2.17 bits per heavy atom. The van der Waals surface area contributed by atoms with Crippen molar-refractivity contribution in [2.24, 2.45) is 16.6 Å². The monoisotopic (exact) mass is 423 g/mol. The van der Waals surface area contributed by atoms with E-state index in [9.17, 15) is 18.0 Å². The van der Waals surface area contributed by atoms with Gasteiger partial charge >= 0.3 is 0 Å². The summed E-state index contributed by atoms with van der Waals surface area (Å²) in [5.41, 5.74) is 4.86. The van der Waals surface area contributed by atoms with Crippen LogP contribution in [0.5, 0.6) is 0 Å². The Kier molecular flexibility index (Phi) is 5.17. The largest absolute Gasteiger partial charge is 0.379 e. The molecule has 3 heterocycles. The van der Waals surface area contributed by atoms with Gasteiger partial charge in [0.15, 0.2) is 5.17 Å². The third-order valence-electron chi connectivity index (χ3n) is 4.88. The summed E-state index contributed by atoms with van der Waals surface area (Å²) < 4.78 is 45.4. The first-order valence-corrected chi connectivity index (χ1v) is 9.65. The molecule has 0 spiro atoms. The van der Waals surface area contributed by atoms with E-state index >= 15 is 0 Å². The van der Waals surface area contributed by atoms with Gasteiger partial charge in [-0.1, -0.05) is 11.8 Å². The SMILES string of the molecule is NC1=N[C@@]2(c3cc(NC(=O)c4cnc(C(F)F)cn4)ccc3F)COC[C@H]2CS1. The lowest BCUT2D eigenvalue weighted by molar-refractivity contribution is 0.102. The number of hydrogen-bond acceptors (Lipinski definition) is 7. The molecule has 1 saturated heterocycles. The molecule has 0 unspecified atom stereocenters. The Balaban J connectivity index is 1.62. The summed E-state index contributed by atoms with van der Waals surface area (Å²) in [5, 5.41) is 2.94. The predicted molar refractivity (Wildman–Crippen MR) is 101 cm³/mol. The highest BCUT2D eigenvalue weighted by molar-refractivity contribution is 8.13. The summed E-state index contributed by atoms with van der Waals surface area (Å²) >= 11 is 1.40. The minimum atomic E-state index is -2.78. The van der Waals surface area contributed by atoms with Gasteiger partial charge in [-0.15, -0.1) is 0 Å². The van der Waals surface area contributed by atoms with Crippen LogP contribution in [0.25, 0.3) is 0 Å². The van der Waals surface area contributed by atoms with E-state index in [2.05, 4.69) is 20.3 Å². The van der Waals surface area contributed by atoms with Crippen molar-refractivity contribution in [2.75, 3.05) is 24.3 Å². The number of carbonyl (C=O) groups is 1. The molecule has 2 aliphatic heterocycles. The number of nitrogens with two attached hydrogens (primary N) is 1. The molecule has 0 bridgehead atoms. The van der Waals surface area contributed by atoms with Crippen LogP contribution in [0.2, 0.25) is 0 Å². The predicted octanol–water partition coefficient (Wildman–Crippen LogP) is 2.71. The average molecular weight is 423 g/mol. The summed E-state index contributed by atoms with van der Waals surface area (Å²) in [6.07, 6.45) is -0.974. The number of halogens is 3. The molecular weight excluding hydrogens is 407 g/mol. The fourth-order valence-electron chi connectivity index (χ4n) is 3.39. The van der Waals surface area contributed by atoms with E-state index in [1.807, 2.05) is 0 Å². The molecule has 11 heteroatoms. The van der Waals surface area contributed by atoms with Crippen LogP contribution < -0.4 is 11.1 Å². The van der Waals surface area contributed by atoms with Crippen LogP contribution in [0.4, 0.5) is 18.9 Å². The number of amidine groups is 1. The minimum absolute atomic E-state index is 0.0481. The van der Waals surface area contributed by atoms with Gasteiger partial charge in [0.05, 0.1) is 25.6 Å². The van der Waals surface area contributed by atoms with Gasteiger partial charge in [0.1, 0.15) is 22.7 Å². The Morgan fingerprint density at radius 1 is 1.34 bits per heavy atom. The number of hydrogen-bond donors (Lipinski definition) is 2. The number of ether oxygens (including phenoxy) is 1. The fourth-order valence-corrected chi connectivity index (χ4v) is 4.36. The molecule has 0 radical (unpaired) electrons. The Bertz CT molecular complexity index is 972. The third kappa shape index (κ3) is 3.67. The van der Waals surface area contributed by atoms with E-state index in [4.69, 9.17) is 10.5 Å². The number of amides is 1. The zero-order valence-corrected chi connectivity index (χ0v) is 15.8. The van der Waals surface area contributed by atoms with E-state index < -0.39 is 29.4 Å². The van der Waals surface area contributed by atoms with Gasteiger partial charge in [-0.3, -0.25) is 9.78 Å². The summed E-state index contributed by atoms with van der Waals surface area (Å²) in [7, 11) is 0. The highest BCUT2D eigenvalue weighted by Gasteiger charge is 2.49. The highest BCUT2D eigenvalue weighted by atomic mass is 32.2. The molecular formula is C18H16F3N5O2S. The molecule has 1 amide bonds. The van der Waals surface area contributed by atoms with Gasteiger partial charge in [-0.05, 0) is 18.2 Å². The topological polar surface area (TPSA) is 102 Å². The Morgan fingerprint density at radius 3 is 2.90 bits per heavy atom. The molecule has 2 aromatic rings. The van der Waals surface area contributed by atoms with Gasteiger partial charge < -0.3 is 15.8 Å². The van der Waals surface area contributed by atoms with E-state index in [0.717, 1.165) is 12.4 Å². The lowest BCUT2D eigenvalue weighted by atomic mass is 9.81. The molecule has 1 aromatic carbocycles. The quantitative estimate of drug-likeness (QED) is 0.784. The van der Waals surface area contributed by atoms with Gasteiger partial charge in [-0.25, -0.2) is 23.1 Å². The second-order valence-electron chi connectivity index (χ2n) is 6.67. The normalized spacial score (nSPS) is 23.6. The lowest BCUT2D eigenvalue weighted by Gasteiger charge is -2.34. The van der Waals surface area contributed by atoms with Crippen molar-refractivity contribution in [3.05, 3.63) is 53.4 Å². The van der Waals surface area contributed by atoms with Crippen molar-refractivity contribution in [1.82, 2.24) is 9.97 Å². The zero-order valence-electron chi connectivity index (χ0n) is 14.9. The Hall–Kier alpha value is -2.66. The molecule has 1 fully saturated rings. The number of carbonyl (C=O) groups excluding carboxylic acids is 1. The number of aromatic nitrogens is 2. The molecule has 0 saturated carbocycles. The van der Waals surface area contributed by atoms with Gasteiger partial charge in [0, 0.05) is 22.9 Å². The molecule has 29 heavy (non-hydrogen) atoms. The lowest BCUT2D eigenvalue weighted by Crippen LogP contribution is -2.40. The Labute approximate surface area is 168 Å². The number of rotatable bonds is 4. The number of nitrogens with zero attached hydrogens (tertiary/aromatic N) is 3. The van der Waals surface area contributed by atoms with Crippen LogP contribution in [0.1, 0.15) is 28.2 Å². The molecule has 4 rings (SSSR count). The number of aliphatic imine (C=N–C) groups is 1. The van der Waals surface area contributed by atoms with Gasteiger partial charge in [0.2, 0.25) is 0 Å². The van der Waals surface area contributed by atoms with E-state index in [1.54, 1.807) is 0 Å².